The second-order valence-corrected chi connectivity index (χ2v) is 16.0. The zero-order valence-electron chi connectivity index (χ0n) is 34.7. The molecule has 0 saturated carbocycles. The zero-order chi connectivity index (χ0) is 41.9. The van der Waals surface area contributed by atoms with Crippen molar-refractivity contribution in [3.8, 4) is 0 Å². The number of nitrogens with zero attached hydrogens (tertiary/aromatic N) is 1. The summed E-state index contributed by atoms with van der Waals surface area (Å²) in [4.78, 5) is 103. The van der Waals surface area contributed by atoms with Crippen molar-refractivity contribution in [2.45, 2.75) is 150 Å². The van der Waals surface area contributed by atoms with Gasteiger partial charge < -0.3 is 41.6 Å². The number of nitrogens with one attached hydrogen (secondary N) is 7. The van der Waals surface area contributed by atoms with Crippen LogP contribution in [-0.2, 0) is 44.7 Å². The minimum atomic E-state index is -1.41. The van der Waals surface area contributed by atoms with Gasteiger partial charge in [-0.3, -0.25) is 28.8 Å². The standard InChI is InChI=1S/C40H66N8O8/c1-10-11-12-13-14-15-16-17-31(49)43-30-21-56-40(55)34(26(8)9)48-35(50)28(18-23(2)3)44-38(53)32(24(4)5)46-36(51)29(19-27-20-41-22-42-27)45-39(54)33(25(6)7)47-37(30)52/h15-16,20,22-26,28-30,32-34H,10-14,17-19,21H2,1-9H3,(H,41,42)(H,43,49)(H,44,53)(H,45,54)(H,46,51)(H,47,52)(H,48,50)/b16-15-/t28-,29+,30+,32+,33-,34+/m1/s1. The molecule has 6 atom stereocenters. The number of aromatic amines is 1. The second-order valence-electron chi connectivity index (χ2n) is 16.0. The fourth-order valence-corrected chi connectivity index (χ4v) is 6.07. The number of allylic oxidation sites excluding steroid dienone is 1. The smallest absolute Gasteiger partial charge is 0.328 e. The van der Waals surface area contributed by atoms with Crippen molar-refractivity contribution in [1.82, 2.24) is 41.9 Å². The van der Waals surface area contributed by atoms with Gasteiger partial charge in [0.15, 0.2) is 0 Å². The van der Waals surface area contributed by atoms with Crippen LogP contribution in [0.1, 0.15) is 113 Å². The highest BCUT2D eigenvalue weighted by Gasteiger charge is 2.37. The molecule has 0 radical (unpaired) electrons. The molecule has 16 nitrogen and oxygen atoms in total. The minimum absolute atomic E-state index is 0.0293. The van der Waals surface area contributed by atoms with Crippen LogP contribution in [-0.4, -0.2) is 94.2 Å². The Balaban J connectivity index is 2.56. The Kier molecular flexibility index (Phi) is 20.3. The number of cyclic esters (lactones) is 1. The van der Waals surface area contributed by atoms with E-state index in [1.54, 1.807) is 47.6 Å². The van der Waals surface area contributed by atoms with Crippen molar-refractivity contribution in [2.75, 3.05) is 6.61 Å². The monoisotopic (exact) mass is 787 g/mol. The molecule has 1 aliphatic heterocycles. The number of aromatic nitrogens is 2. The van der Waals surface area contributed by atoms with Gasteiger partial charge >= 0.3 is 5.97 Å². The van der Waals surface area contributed by atoms with Crippen LogP contribution in [0.2, 0.25) is 0 Å². The Morgan fingerprint density at radius 1 is 0.750 bits per heavy atom. The average molecular weight is 787 g/mol. The van der Waals surface area contributed by atoms with Crippen molar-refractivity contribution < 1.29 is 38.3 Å². The van der Waals surface area contributed by atoms with Gasteiger partial charge in [0.1, 0.15) is 42.9 Å². The Bertz CT molecular complexity index is 1480. The molecule has 0 unspecified atom stereocenters. The molecule has 1 fully saturated rings. The number of rotatable bonds is 15. The lowest BCUT2D eigenvalue weighted by atomic mass is 9.98. The first-order valence-electron chi connectivity index (χ1n) is 20.0. The number of imidazole rings is 1. The van der Waals surface area contributed by atoms with Crippen LogP contribution in [0.5, 0.6) is 0 Å². The SMILES string of the molecule is CCCCCC/C=C\CC(=O)N[C@H]1COC(=O)[C@H](C(C)C)NC(=O)[C@@H](CC(C)C)NC(=O)[C@H](C(C)C)NC(=O)[C@H](Cc2cnc[nH]2)NC(=O)[C@@H](C(C)C)NC1=O. The number of ether oxygens (including phenoxy) is 1. The van der Waals surface area contributed by atoms with Crippen LogP contribution in [0, 0.1) is 23.7 Å². The first-order valence-corrected chi connectivity index (χ1v) is 20.0. The molecule has 1 aliphatic rings. The molecular formula is C40H66N8O8. The zero-order valence-corrected chi connectivity index (χ0v) is 34.7. The average Bonchev–Trinajstić information content (AvgIpc) is 3.64. The van der Waals surface area contributed by atoms with E-state index in [0.29, 0.717) is 5.69 Å². The molecule has 1 aromatic rings. The van der Waals surface area contributed by atoms with Crippen molar-refractivity contribution in [2.24, 2.45) is 23.7 Å². The fourth-order valence-electron chi connectivity index (χ4n) is 6.07. The van der Waals surface area contributed by atoms with Crippen LogP contribution >= 0.6 is 0 Å². The predicted molar refractivity (Wildman–Crippen MR) is 211 cm³/mol. The highest BCUT2D eigenvalue weighted by atomic mass is 16.5. The lowest BCUT2D eigenvalue weighted by molar-refractivity contribution is -0.151. The summed E-state index contributed by atoms with van der Waals surface area (Å²) in [6.07, 6.45) is 11.8. The molecule has 314 valence electrons. The molecule has 16 heteroatoms. The van der Waals surface area contributed by atoms with E-state index in [9.17, 15) is 33.6 Å². The normalized spacial score (nSPS) is 23.9. The molecule has 2 heterocycles. The lowest BCUT2D eigenvalue weighted by Gasteiger charge is -2.29. The van der Waals surface area contributed by atoms with Gasteiger partial charge in [-0.25, -0.2) is 9.78 Å². The molecule has 1 saturated heterocycles. The summed E-state index contributed by atoms with van der Waals surface area (Å²) in [5.41, 5.74) is 0.521. The van der Waals surface area contributed by atoms with E-state index >= 15 is 0 Å². The number of unbranched alkanes of at least 4 members (excludes halogenated alkanes) is 4. The van der Waals surface area contributed by atoms with Gasteiger partial charge in [0.05, 0.1) is 6.33 Å². The van der Waals surface area contributed by atoms with Crippen molar-refractivity contribution in [3.63, 3.8) is 0 Å². The van der Waals surface area contributed by atoms with E-state index < -0.39 is 102 Å². The van der Waals surface area contributed by atoms with Crippen LogP contribution in [0.25, 0.3) is 0 Å². The minimum Gasteiger partial charge on any atom is -0.461 e. The molecule has 56 heavy (non-hydrogen) atoms. The first-order chi connectivity index (χ1) is 26.4. The quantitative estimate of drug-likeness (QED) is 0.0785. The number of esters is 1. The molecular weight excluding hydrogens is 720 g/mol. The van der Waals surface area contributed by atoms with E-state index in [0.717, 1.165) is 32.1 Å². The highest BCUT2D eigenvalue weighted by Crippen LogP contribution is 2.13. The Labute approximate surface area is 331 Å². The van der Waals surface area contributed by atoms with Gasteiger partial charge in [0, 0.05) is 24.7 Å². The molecule has 2 rings (SSSR count). The number of hydrogen-bond donors (Lipinski definition) is 7. The summed E-state index contributed by atoms with van der Waals surface area (Å²) in [6.45, 7) is 15.5. The second kappa shape index (κ2) is 24.0. The van der Waals surface area contributed by atoms with E-state index in [2.05, 4.69) is 48.8 Å². The summed E-state index contributed by atoms with van der Waals surface area (Å²) in [5, 5.41) is 16.3. The third-order valence-electron chi connectivity index (χ3n) is 9.40. The molecule has 6 amide bonds. The molecule has 0 bridgehead atoms. The summed E-state index contributed by atoms with van der Waals surface area (Å²) in [7, 11) is 0. The van der Waals surface area contributed by atoms with Crippen LogP contribution < -0.4 is 31.9 Å². The van der Waals surface area contributed by atoms with E-state index in [4.69, 9.17) is 4.74 Å². The van der Waals surface area contributed by atoms with Gasteiger partial charge in [-0.05, 0) is 42.9 Å². The number of carbonyl (C=O) groups excluding carboxylic acids is 7. The highest BCUT2D eigenvalue weighted by molar-refractivity contribution is 5.97. The maximum Gasteiger partial charge on any atom is 0.328 e. The molecule has 1 aromatic heterocycles. The molecule has 0 spiro atoms. The molecule has 0 aromatic carbocycles. The third-order valence-corrected chi connectivity index (χ3v) is 9.40. The van der Waals surface area contributed by atoms with E-state index in [1.807, 2.05) is 19.9 Å². The Morgan fingerprint density at radius 3 is 1.88 bits per heavy atom. The van der Waals surface area contributed by atoms with Gasteiger partial charge in [-0.15, -0.1) is 0 Å². The van der Waals surface area contributed by atoms with Crippen LogP contribution in [0.3, 0.4) is 0 Å². The number of carbonyl (C=O) groups is 7. The Hall–Kier alpha value is -4.76. The maximum atomic E-state index is 13.9. The van der Waals surface area contributed by atoms with E-state index in [-0.39, 0.29) is 25.2 Å². The first kappa shape index (κ1) is 47.4. The van der Waals surface area contributed by atoms with E-state index in [1.165, 1.54) is 12.5 Å². The van der Waals surface area contributed by atoms with Gasteiger partial charge in [0.25, 0.3) is 0 Å². The topological polar surface area (TPSA) is 230 Å². The van der Waals surface area contributed by atoms with Crippen LogP contribution in [0.4, 0.5) is 0 Å². The van der Waals surface area contributed by atoms with Crippen LogP contribution in [0.15, 0.2) is 24.7 Å². The summed E-state index contributed by atoms with van der Waals surface area (Å²) in [6, 6.07) is -7.19. The number of hydrogen-bond acceptors (Lipinski definition) is 9. The van der Waals surface area contributed by atoms with Gasteiger partial charge in [0.2, 0.25) is 35.4 Å². The van der Waals surface area contributed by atoms with Gasteiger partial charge in [-0.1, -0.05) is 93.7 Å². The Morgan fingerprint density at radius 2 is 1.32 bits per heavy atom. The predicted octanol–water partition coefficient (Wildman–Crippen LogP) is 2.35. The number of amides is 6. The largest absolute Gasteiger partial charge is 0.461 e. The van der Waals surface area contributed by atoms with Crippen molar-refractivity contribution >= 4 is 41.4 Å². The van der Waals surface area contributed by atoms with Crippen molar-refractivity contribution in [3.05, 3.63) is 30.4 Å². The molecule has 0 aliphatic carbocycles. The summed E-state index contributed by atoms with van der Waals surface area (Å²) >= 11 is 0. The summed E-state index contributed by atoms with van der Waals surface area (Å²) < 4.78 is 5.59. The number of H-pyrrole nitrogens is 1. The molecule has 7 N–H and O–H groups in total. The third kappa shape index (κ3) is 16.1. The van der Waals surface area contributed by atoms with Gasteiger partial charge in [-0.2, -0.15) is 0 Å². The van der Waals surface area contributed by atoms with Crippen molar-refractivity contribution in [1.29, 1.82) is 0 Å². The maximum absolute atomic E-state index is 13.9. The lowest BCUT2D eigenvalue weighted by Crippen LogP contribution is -2.61. The summed E-state index contributed by atoms with van der Waals surface area (Å²) in [5.74, 6) is -6.25. The fraction of sp³-hybridized carbons (Fsp3) is 0.700.